The van der Waals surface area contributed by atoms with Crippen LogP contribution in [0.4, 0.5) is 5.95 Å². The third kappa shape index (κ3) is 3.09. The fourth-order valence-corrected chi connectivity index (χ4v) is 3.96. The van der Waals surface area contributed by atoms with Gasteiger partial charge in [0.15, 0.2) is 0 Å². The number of nitrogens with one attached hydrogen (secondary N) is 2. The fourth-order valence-electron chi connectivity index (χ4n) is 1.17. The number of thiophene rings is 1. The van der Waals surface area contributed by atoms with Crippen LogP contribution in [-0.4, -0.2) is 27.7 Å². The lowest BCUT2D eigenvalue weighted by Crippen LogP contribution is -2.12. The molecule has 0 atom stereocenters. The number of halogens is 2. The first-order chi connectivity index (χ1) is 8.60. The van der Waals surface area contributed by atoms with E-state index >= 15 is 0 Å². The van der Waals surface area contributed by atoms with Gasteiger partial charge in [0.1, 0.15) is 0 Å². The average Bonchev–Trinajstić information content (AvgIpc) is 2.86. The predicted molar refractivity (Wildman–Crippen MR) is 75.2 cm³/mol. The fraction of sp³-hybridized carbons (Fsp3) is 0.222. The summed E-state index contributed by atoms with van der Waals surface area (Å²) in [5.41, 5.74) is 0.529. The minimum Gasteiger partial charge on any atom is -0.463 e. The second-order valence-corrected chi connectivity index (χ2v) is 6.84. The summed E-state index contributed by atoms with van der Waals surface area (Å²) in [5.74, 6) is -0.0271. The van der Waals surface area contributed by atoms with Gasteiger partial charge < -0.3 is 4.74 Å². The van der Waals surface area contributed by atoms with Crippen molar-refractivity contribution < 1.29 is 9.53 Å². The molecule has 2 N–H and O–H groups in total. The van der Waals surface area contributed by atoms with E-state index in [4.69, 9.17) is 4.74 Å². The highest BCUT2D eigenvalue weighted by atomic mass is 79.9. The standard InChI is InChI=1S/C9H8Br2N4O2S/c1-2-17-9-13-8(14-15-9)12-7(16)4-3-5(10)18-6(4)11/h3H,2H2,1H3,(H2,12,13,14,15,16). The van der Waals surface area contributed by atoms with Crippen molar-refractivity contribution in [3.05, 3.63) is 19.2 Å². The molecule has 0 bridgehead atoms. The molecule has 0 aliphatic carbocycles. The van der Waals surface area contributed by atoms with Gasteiger partial charge in [0.05, 0.1) is 19.7 Å². The zero-order valence-corrected chi connectivity index (χ0v) is 13.1. The van der Waals surface area contributed by atoms with Crippen molar-refractivity contribution >= 4 is 55.1 Å². The minimum atomic E-state index is -0.275. The Hall–Kier alpha value is -0.930. The van der Waals surface area contributed by atoms with Crippen LogP contribution in [0.1, 0.15) is 17.3 Å². The molecule has 0 unspecified atom stereocenters. The van der Waals surface area contributed by atoms with Gasteiger partial charge >= 0.3 is 6.01 Å². The Bertz CT molecular complexity index is 569. The van der Waals surface area contributed by atoms with Gasteiger partial charge in [-0.25, -0.2) is 5.10 Å². The Balaban J connectivity index is 2.08. The van der Waals surface area contributed by atoms with E-state index in [1.807, 2.05) is 6.92 Å². The summed E-state index contributed by atoms with van der Waals surface area (Å²) in [4.78, 5) is 15.9. The number of hydrogen-bond donors (Lipinski definition) is 2. The van der Waals surface area contributed by atoms with E-state index in [0.29, 0.717) is 12.2 Å². The average molecular weight is 396 g/mol. The zero-order chi connectivity index (χ0) is 13.1. The van der Waals surface area contributed by atoms with Crippen LogP contribution in [0, 0.1) is 0 Å². The summed E-state index contributed by atoms with van der Waals surface area (Å²) in [7, 11) is 0. The van der Waals surface area contributed by atoms with Crippen molar-refractivity contribution in [2.45, 2.75) is 6.92 Å². The van der Waals surface area contributed by atoms with E-state index in [0.717, 1.165) is 7.57 Å². The summed E-state index contributed by atoms with van der Waals surface area (Å²) in [5, 5.41) is 8.96. The molecule has 6 nitrogen and oxygen atoms in total. The Kier molecular flexibility index (Phi) is 4.36. The summed E-state index contributed by atoms with van der Waals surface area (Å²) in [6.45, 7) is 2.29. The number of ether oxygens (including phenoxy) is 1. The molecule has 0 aromatic carbocycles. The number of carbonyl (C=O) groups excluding carboxylic acids is 1. The lowest BCUT2D eigenvalue weighted by atomic mass is 10.3. The number of amides is 1. The molecule has 0 saturated heterocycles. The number of nitrogens with zero attached hydrogens (tertiary/aromatic N) is 2. The van der Waals surface area contributed by atoms with Crippen molar-refractivity contribution in [2.75, 3.05) is 11.9 Å². The minimum absolute atomic E-state index is 0.207. The topological polar surface area (TPSA) is 79.9 Å². The maximum absolute atomic E-state index is 11.9. The molecule has 0 aliphatic rings. The molecule has 18 heavy (non-hydrogen) atoms. The molecule has 2 aromatic heterocycles. The van der Waals surface area contributed by atoms with Crippen molar-refractivity contribution in [2.24, 2.45) is 0 Å². The van der Waals surface area contributed by atoms with Gasteiger partial charge in [-0.1, -0.05) is 0 Å². The molecular formula is C9H8Br2N4O2S. The van der Waals surface area contributed by atoms with Gasteiger partial charge in [-0.15, -0.1) is 16.4 Å². The predicted octanol–water partition coefficient (Wildman–Crippen LogP) is 3.04. The van der Waals surface area contributed by atoms with Crippen LogP contribution in [-0.2, 0) is 0 Å². The maximum atomic E-state index is 11.9. The Morgan fingerprint density at radius 1 is 1.61 bits per heavy atom. The lowest BCUT2D eigenvalue weighted by Gasteiger charge is -1.98. The quantitative estimate of drug-likeness (QED) is 0.833. The van der Waals surface area contributed by atoms with Crippen LogP contribution in [0.3, 0.4) is 0 Å². The molecule has 0 aliphatic heterocycles. The van der Waals surface area contributed by atoms with Gasteiger partial charge in [0.2, 0.25) is 5.95 Å². The molecule has 0 radical (unpaired) electrons. The third-order valence-corrected chi connectivity index (χ3v) is 4.21. The van der Waals surface area contributed by atoms with Gasteiger partial charge in [-0.3, -0.25) is 10.1 Å². The zero-order valence-electron chi connectivity index (χ0n) is 9.16. The number of H-pyrrole nitrogens is 1. The second-order valence-electron chi connectivity index (χ2n) is 3.09. The number of rotatable bonds is 4. The van der Waals surface area contributed by atoms with Crippen LogP contribution in [0.15, 0.2) is 13.6 Å². The van der Waals surface area contributed by atoms with E-state index < -0.39 is 0 Å². The van der Waals surface area contributed by atoms with Crippen LogP contribution < -0.4 is 10.1 Å². The van der Waals surface area contributed by atoms with Crippen molar-refractivity contribution in [1.82, 2.24) is 15.2 Å². The number of aromatic nitrogens is 3. The summed E-state index contributed by atoms with van der Waals surface area (Å²) >= 11 is 8.06. The molecule has 2 aromatic rings. The van der Waals surface area contributed by atoms with Crippen LogP contribution >= 0.6 is 43.2 Å². The Morgan fingerprint density at radius 3 is 3.00 bits per heavy atom. The van der Waals surface area contributed by atoms with Gasteiger partial charge in [-0.05, 0) is 44.8 Å². The van der Waals surface area contributed by atoms with Crippen LogP contribution in [0.25, 0.3) is 0 Å². The van der Waals surface area contributed by atoms with Crippen molar-refractivity contribution in [1.29, 1.82) is 0 Å². The molecule has 0 saturated carbocycles. The van der Waals surface area contributed by atoms with E-state index in [2.05, 4.69) is 52.4 Å². The van der Waals surface area contributed by atoms with E-state index in [1.54, 1.807) is 6.07 Å². The van der Waals surface area contributed by atoms with E-state index in [-0.39, 0.29) is 17.9 Å². The monoisotopic (exact) mass is 394 g/mol. The third-order valence-electron chi connectivity index (χ3n) is 1.87. The van der Waals surface area contributed by atoms with Crippen molar-refractivity contribution in [3.8, 4) is 6.01 Å². The summed E-state index contributed by atoms with van der Waals surface area (Å²) in [6.07, 6.45) is 0. The summed E-state index contributed by atoms with van der Waals surface area (Å²) in [6, 6.07) is 1.93. The van der Waals surface area contributed by atoms with E-state index in [9.17, 15) is 4.79 Å². The molecule has 9 heteroatoms. The molecular weight excluding hydrogens is 388 g/mol. The van der Waals surface area contributed by atoms with Gasteiger partial charge in [-0.2, -0.15) is 4.98 Å². The Morgan fingerprint density at radius 2 is 2.39 bits per heavy atom. The molecule has 96 valence electrons. The van der Waals surface area contributed by atoms with E-state index in [1.165, 1.54) is 11.3 Å². The molecule has 2 rings (SSSR count). The number of anilines is 1. The molecule has 0 fully saturated rings. The number of hydrogen-bond acceptors (Lipinski definition) is 5. The highest BCUT2D eigenvalue weighted by Crippen LogP contribution is 2.32. The largest absolute Gasteiger partial charge is 0.463 e. The normalized spacial score (nSPS) is 10.4. The number of aromatic amines is 1. The smallest absolute Gasteiger partial charge is 0.337 e. The summed E-state index contributed by atoms with van der Waals surface area (Å²) < 4.78 is 6.70. The van der Waals surface area contributed by atoms with Gasteiger partial charge in [0.25, 0.3) is 5.91 Å². The van der Waals surface area contributed by atoms with Crippen LogP contribution in [0.2, 0.25) is 0 Å². The SMILES string of the molecule is CCOc1n[nH]c(NC(=O)c2cc(Br)sc2Br)n1. The number of carbonyl (C=O) groups is 1. The maximum Gasteiger partial charge on any atom is 0.337 e. The highest BCUT2D eigenvalue weighted by Gasteiger charge is 2.15. The van der Waals surface area contributed by atoms with Crippen molar-refractivity contribution in [3.63, 3.8) is 0 Å². The van der Waals surface area contributed by atoms with Gasteiger partial charge in [0, 0.05) is 0 Å². The Labute approximate surface area is 123 Å². The lowest BCUT2D eigenvalue weighted by molar-refractivity contribution is 0.102. The first kappa shape index (κ1) is 13.5. The highest BCUT2D eigenvalue weighted by molar-refractivity contribution is 9.12. The molecule has 0 spiro atoms. The molecule has 1 amide bonds. The second kappa shape index (κ2) is 5.81. The van der Waals surface area contributed by atoms with Crippen LogP contribution in [0.5, 0.6) is 6.01 Å². The molecule has 2 heterocycles. The first-order valence-electron chi connectivity index (χ1n) is 4.91. The first-order valence-corrected chi connectivity index (χ1v) is 7.31.